The molecule has 2 aliphatic heterocycles. The Balaban J connectivity index is 1.69. The lowest BCUT2D eigenvalue weighted by atomic mass is 9.94. The number of rotatable bonds is 2. The van der Waals surface area contributed by atoms with Crippen molar-refractivity contribution in [2.45, 2.75) is 38.1 Å². The molecule has 0 aromatic carbocycles. The smallest absolute Gasteiger partial charge is 0.252 e. The Morgan fingerprint density at radius 1 is 1.33 bits per heavy atom. The van der Waals surface area contributed by atoms with E-state index in [1.54, 1.807) is 0 Å². The van der Waals surface area contributed by atoms with Gasteiger partial charge < -0.3 is 16.0 Å². The fourth-order valence-electron chi connectivity index (χ4n) is 4.10. The monoisotopic (exact) mass is 286 g/mol. The van der Waals surface area contributed by atoms with E-state index in [9.17, 15) is 4.79 Å². The molecule has 4 rings (SSSR count). The van der Waals surface area contributed by atoms with Gasteiger partial charge in [-0.2, -0.15) is 0 Å². The molecule has 2 fully saturated rings. The molecule has 0 saturated carbocycles. The van der Waals surface area contributed by atoms with Crippen molar-refractivity contribution in [1.29, 1.82) is 0 Å². The highest BCUT2D eigenvalue weighted by atomic mass is 16.1. The van der Waals surface area contributed by atoms with Gasteiger partial charge in [-0.25, -0.2) is 4.98 Å². The summed E-state index contributed by atoms with van der Waals surface area (Å²) in [6, 6.07) is 2.53. The molecule has 1 aromatic rings. The number of anilines is 1. The number of amides is 1. The summed E-state index contributed by atoms with van der Waals surface area (Å²) in [5.74, 6) is 1.14. The van der Waals surface area contributed by atoms with Crippen LogP contribution in [0.2, 0.25) is 0 Å². The summed E-state index contributed by atoms with van der Waals surface area (Å²) in [4.78, 5) is 18.9. The van der Waals surface area contributed by atoms with Crippen molar-refractivity contribution in [3.05, 3.63) is 22.9 Å². The summed E-state index contributed by atoms with van der Waals surface area (Å²) in [5.41, 5.74) is 8.58. The Labute approximate surface area is 124 Å². The van der Waals surface area contributed by atoms with Gasteiger partial charge in [-0.1, -0.05) is 0 Å². The first kappa shape index (κ1) is 13.1. The van der Waals surface area contributed by atoms with Crippen LogP contribution >= 0.6 is 0 Å². The number of fused-ring (bicyclic) bond motifs is 2. The lowest BCUT2D eigenvalue weighted by Gasteiger charge is -2.24. The van der Waals surface area contributed by atoms with Gasteiger partial charge in [0.15, 0.2) is 0 Å². The number of aromatic nitrogens is 1. The van der Waals surface area contributed by atoms with Crippen molar-refractivity contribution >= 4 is 11.7 Å². The predicted octanol–water partition coefficient (Wildman–Crippen LogP) is 0.857. The third-order valence-corrected chi connectivity index (χ3v) is 5.19. The minimum absolute atomic E-state index is 0.352. The number of hydrogen-bond donors (Lipinski definition) is 2. The molecule has 3 aliphatic rings. The molecule has 0 spiro atoms. The Hall–Kier alpha value is -1.62. The summed E-state index contributed by atoms with van der Waals surface area (Å²) < 4.78 is 0. The number of primary amides is 1. The number of carbonyl (C=O) groups excluding carboxylic acids is 1. The molecule has 2 saturated heterocycles. The molecule has 1 aliphatic carbocycles. The SMILES string of the molecule is NC(=O)c1cc2c(nc1N1CC3CCCNC3C1)CCC2. The second-order valence-electron chi connectivity index (χ2n) is 6.55. The van der Waals surface area contributed by atoms with E-state index in [0.29, 0.717) is 17.5 Å². The third kappa shape index (κ3) is 2.20. The van der Waals surface area contributed by atoms with Crippen molar-refractivity contribution in [1.82, 2.24) is 10.3 Å². The lowest BCUT2D eigenvalue weighted by Crippen LogP contribution is -2.40. The zero-order chi connectivity index (χ0) is 14.4. The Kier molecular flexibility index (Phi) is 3.10. The first-order valence-electron chi connectivity index (χ1n) is 8.03. The van der Waals surface area contributed by atoms with Gasteiger partial charge in [0.05, 0.1) is 5.56 Å². The van der Waals surface area contributed by atoms with Crippen LogP contribution in [0.5, 0.6) is 0 Å². The number of nitrogens with one attached hydrogen (secondary N) is 1. The van der Waals surface area contributed by atoms with Crippen molar-refractivity contribution in [3.8, 4) is 0 Å². The molecule has 0 radical (unpaired) electrons. The van der Waals surface area contributed by atoms with Crippen molar-refractivity contribution in [3.63, 3.8) is 0 Å². The third-order valence-electron chi connectivity index (χ3n) is 5.19. The predicted molar refractivity (Wildman–Crippen MR) is 81.5 cm³/mol. The molecule has 0 bridgehead atoms. The second kappa shape index (κ2) is 4.98. The van der Waals surface area contributed by atoms with Gasteiger partial charge in [0.2, 0.25) is 0 Å². The van der Waals surface area contributed by atoms with E-state index in [1.165, 1.54) is 18.4 Å². The normalized spacial score (nSPS) is 27.5. The summed E-state index contributed by atoms with van der Waals surface area (Å²) in [7, 11) is 0. The van der Waals surface area contributed by atoms with E-state index in [2.05, 4.69) is 10.2 Å². The van der Waals surface area contributed by atoms with Crippen molar-refractivity contribution < 1.29 is 4.79 Å². The highest BCUT2D eigenvalue weighted by Crippen LogP contribution is 2.32. The van der Waals surface area contributed by atoms with Crippen molar-refractivity contribution in [2.24, 2.45) is 11.7 Å². The van der Waals surface area contributed by atoms with Gasteiger partial charge in [0.25, 0.3) is 5.91 Å². The molecule has 2 unspecified atom stereocenters. The molecule has 1 amide bonds. The highest BCUT2D eigenvalue weighted by molar-refractivity contribution is 5.98. The topological polar surface area (TPSA) is 71.2 Å². The van der Waals surface area contributed by atoms with Crippen LogP contribution in [0.1, 0.15) is 40.9 Å². The Morgan fingerprint density at radius 3 is 3.05 bits per heavy atom. The van der Waals surface area contributed by atoms with Crippen LogP contribution < -0.4 is 16.0 Å². The maximum Gasteiger partial charge on any atom is 0.252 e. The van der Waals surface area contributed by atoms with E-state index in [-0.39, 0.29) is 5.91 Å². The maximum atomic E-state index is 11.8. The highest BCUT2D eigenvalue weighted by Gasteiger charge is 2.36. The molecule has 5 heteroatoms. The van der Waals surface area contributed by atoms with Crippen LogP contribution in [-0.2, 0) is 12.8 Å². The van der Waals surface area contributed by atoms with E-state index in [0.717, 1.165) is 50.4 Å². The van der Waals surface area contributed by atoms with E-state index in [1.807, 2.05) is 6.07 Å². The quantitative estimate of drug-likeness (QED) is 0.846. The first-order chi connectivity index (χ1) is 10.2. The Bertz CT molecular complexity index is 572. The van der Waals surface area contributed by atoms with Crippen LogP contribution in [0.25, 0.3) is 0 Å². The van der Waals surface area contributed by atoms with Gasteiger partial charge in [-0.3, -0.25) is 4.79 Å². The maximum absolute atomic E-state index is 11.8. The molecular weight excluding hydrogens is 264 g/mol. The number of piperidine rings is 1. The van der Waals surface area contributed by atoms with Crippen LogP contribution in [0.4, 0.5) is 5.82 Å². The molecule has 2 atom stereocenters. The van der Waals surface area contributed by atoms with Gasteiger partial charge in [0.1, 0.15) is 5.82 Å². The zero-order valence-corrected chi connectivity index (χ0v) is 12.3. The lowest BCUT2D eigenvalue weighted by molar-refractivity contribution is 0.100. The minimum atomic E-state index is -0.352. The fourth-order valence-corrected chi connectivity index (χ4v) is 4.10. The molecule has 3 N–H and O–H groups in total. The summed E-state index contributed by atoms with van der Waals surface area (Å²) in [6.45, 7) is 3.04. The van der Waals surface area contributed by atoms with Gasteiger partial charge in [0, 0.05) is 24.8 Å². The average molecular weight is 286 g/mol. The average Bonchev–Trinajstić information content (AvgIpc) is 3.11. The largest absolute Gasteiger partial charge is 0.365 e. The van der Waals surface area contributed by atoms with Crippen LogP contribution in [-0.4, -0.2) is 36.6 Å². The number of carbonyl (C=O) groups is 1. The number of nitrogens with two attached hydrogens (primary N) is 1. The van der Waals surface area contributed by atoms with Crippen LogP contribution in [0, 0.1) is 5.92 Å². The fraction of sp³-hybridized carbons (Fsp3) is 0.625. The van der Waals surface area contributed by atoms with Gasteiger partial charge in [-0.15, -0.1) is 0 Å². The molecule has 5 nitrogen and oxygen atoms in total. The molecule has 1 aromatic heterocycles. The van der Waals surface area contributed by atoms with Crippen LogP contribution in [0.15, 0.2) is 6.07 Å². The molecule has 3 heterocycles. The van der Waals surface area contributed by atoms with E-state index in [4.69, 9.17) is 10.7 Å². The van der Waals surface area contributed by atoms with E-state index >= 15 is 0 Å². The van der Waals surface area contributed by atoms with Gasteiger partial charge >= 0.3 is 0 Å². The minimum Gasteiger partial charge on any atom is -0.365 e. The molecular formula is C16H22N4O. The number of aryl methyl sites for hydroxylation is 2. The number of pyridine rings is 1. The molecule has 112 valence electrons. The second-order valence-corrected chi connectivity index (χ2v) is 6.55. The number of nitrogens with zero attached hydrogens (tertiary/aromatic N) is 2. The summed E-state index contributed by atoms with van der Waals surface area (Å²) >= 11 is 0. The van der Waals surface area contributed by atoms with Gasteiger partial charge in [-0.05, 0) is 56.2 Å². The van der Waals surface area contributed by atoms with E-state index < -0.39 is 0 Å². The standard InChI is InChI=1S/C16H22N4O/c17-15(21)12-7-10-3-1-5-13(10)19-16(12)20-8-11-4-2-6-18-14(11)9-20/h7,11,14,18H,1-6,8-9H2,(H2,17,21). The molecule has 21 heavy (non-hydrogen) atoms. The Morgan fingerprint density at radius 2 is 2.24 bits per heavy atom. The van der Waals surface area contributed by atoms with Crippen LogP contribution in [0.3, 0.4) is 0 Å². The number of hydrogen-bond acceptors (Lipinski definition) is 4. The zero-order valence-electron chi connectivity index (χ0n) is 12.3. The van der Waals surface area contributed by atoms with Crippen molar-refractivity contribution in [2.75, 3.05) is 24.5 Å². The summed E-state index contributed by atoms with van der Waals surface area (Å²) in [5, 5.41) is 3.60. The summed E-state index contributed by atoms with van der Waals surface area (Å²) in [6.07, 6.45) is 5.70. The first-order valence-corrected chi connectivity index (χ1v) is 8.03.